The maximum absolute atomic E-state index is 13.2. The summed E-state index contributed by atoms with van der Waals surface area (Å²) in [7, 11) is 1.54. The third kappa shape index (κ3) is 6.92. The van der Waals surface area contributed by atoms with E-state index in [2.05, 4.69) is 36.2 Å². The third-order valence-electron chi connectivity index (χ3n) is 5.55. The molecule has 0 saturated carbocycles. The quantitative estimate of drug-likeness (QED) is 0.178. The van der Waals surface area contributed by atoms with Crippen LogP contribution in [0.4, 0.5) is 11.4 Å². The monoisotopic (exact) mass is 645 g/mol. The Morgan fingerprint density at radius 2 is 1.21 bits per heavy atom. The van der Waals surface area contributed by atoms with Gasteiger partial charge in [0, 0.05) is 17.1 Å². The first-order valence-corrected chi connectivity index (χ1v) is 15.3. The van der Waals surface area contributed by atoms with Crippen molar-refractivity contribution in [3.63, 3.8) is 0 Å². The first-order valence-electron chi connectivity index (χ1n) is 12.1. The van der Waals surface area contributed by atoms with Crippen molar-refractivity contribution in [1.29, 1.82) is 0 Å². The van der Waals surface area contributed by atoms with Crippen molar-refractivity contribution < 1.29 is 0 Å². The normalized spacial score (nSPS) is 11.9. The molecule has 13 nitrogen and oxygen atoms in total. The summed E-state index contributed by atoms with van der Waals surface area (Å²) in [5.74, 6) is 0.245. The number of hydrogen-bond donors (Lipinski definition) is 2. The maximum Gasteiger partial charge on any atom is 0.294 e. The standard InChI is InChI=1S/C25H25Cl2N11O2S2/c1-14-20(39)37(24(41-4)32-30-14)34-22(28-3)36(19-12-8-17(27)9-13-19)23(29-18-10-6-16(26)7-11-18)35-38-21(40)15(2)31-33-25(38)42-5/h6-13H,1-5H3,(H,28,34)(H,29,35). The van der Waals surface area contributed by atoms with Crippen molar-refractivity contribution in [2.24, 2.45) is 9.98 Å². The molecule has 17 heteroatoms. The van der Waals surface area contributed by atoms with E-state index in [9.17, 15) is 9.59 Å². The number of benzene rings is 2. The lowest BCUT2D eigenvalue weighted by Crippen LogP contribution is -2.52. The highest BCUT2D eigenvalue weighted by atomic mass is 35.5. The van der Waals surface area contributed by atoms with Crippen LogP contribution in [0.25, 0.3) is 0 Å². The lowest BCUT2D eigenvalue weighted by atomic mass is 10.3. The Balaban J connectivity index is 1.98. The number of nitrogens with zero attached hydrogens (tertiary/aromatic N) is 9. The zero-order valence-electron chi connectivity index (χ0n) is 23.0. The molecule has 4 aromatic rings. The molecule has 0 spiro atoms. The largest absolute Gasteiger partial charge is 0.294 e. The fraction of sp³-hybridized carbons (Fsp3) is 0.200. The zero-order chi connectivity index (χ0) is 30.4. The Hall–Kier alpha value is -3.92. The number of guanidine groups is 2. The van der Waals surface area contributed by atoms with E-state index in [0.29, 0.717) is 26.6 Å². The van der Waals surface area contributed by atoms with E-state index in [0.717, 1.165) is 0 Å². The topological polar surface area (TPSA) is 148 Å². The molecule has 0 aliphatic carbocycles. The molecular formula is C25H25Cl2N11O2S2. The number of rotatable bonds is 6. The Kier molecular flexibility index (Phi) is 10.2. The highest BCUT2D eigenvalue weighted by Crippen LogP contribution is 2.23. The summed E-state index contributed by atoms with van der Waals surface area (Å²) in [6, 6.07) is 13.6. The fourth-order valence-corrected chi connectivity index (χ4v) is 4.59. The van der Waals surface area contributed by atoms with Gasteiger partial charge in [0.15, 0.2) is 0 Å². The molecule has 42 heavy (non-hydrogen) atoms. The van der Waals surface area contributed by atoms with Gasteiger partial charge in [-0.2, -0.15) is 9.35 Å². The molecule has 2 aromatic heterocycles. The minimum Gasteiger partial charge on any atom is -0.265 e. The van der Waals surface area contributed by atoms with Crippen molar-refractivity contribution in [1.82, 2.24) is 29.7 Å². The van der Waals surface area contributed by atoms with Crippen molar-refractivity contribution in [3.8, 4) is 0 Å². The highest BCUT2D eigenvalue weighted by molar-refractivity contribution is 7.98. The van der Waals surface area contributed by atoms with Crippen LogP contribution in [-0.4, -0.2) is 61.2 Å². The Morgan fingerprint density at radius 3 is 1.67 bits per heavy atom. The number of hydrogen-bond acceptors (Lipinski definition) is 10. The average molecular weight is 647 g/mol. The van der Waals surface area contributed by atoms with Gasteiger partial charge in [-0.1, -0.05) is 46.7 Å². The molecule has 218 valence electrons. The van der Waals surface area contributed by atoms with Crippen molar-refractivity contribution in [3.05, 3.63) is 90.7 Å². The van der Waals surface area contributed by atoms with Crippen LogP contribution in [0.15, 0.2) is 78.4 Å². The third-order valence-corrected chi connectivity index (χ3v) is 7.31. The highest BCUT2D eigenvalue weighted by Gasteiger charge is 2.25. The first kappa shape index (κ1) is 31.0. The molecule has 0 fully saturated rings. The minimum absolute atomic E-state index is 0.107. The molecule has 0 radical (unpaired) electrons. The second-order valence-electron chi connectivity index (χ2n) is 8.32. The van der Waals surface area contributed by atoms with E-state index in [1.54, 1.807) is 79.8 Å². The summed E-state index contributed by atoms with van der Waals surface area (Å²) in [6.07, 6.45) is 3.53. The van der Waals surface area contributed by atoms with Gasteiger partial charge in [-0.05, 0) is 74.9 Å². The van der Waals surface area contributed by atoms with Crippen LogP contribution in [0.3, 0.4) is 0 Å². The number of thioether (sulfide) groups is 2. The second-order valence-corrected chi connectivity index (χ2v) is 10.7. The summed E-state index contributed by atoms with van der Waals surface area (Å²) in [6.45, 7) is 3.11. The summed E-state index contributed by atoms with van der Waals surface area (Å²) in [4.78, 5) is 37.2. The summed E-state index contributed by atoms with van der Waals surface area (Å²) in [5, 5.41) is 17.7. The Morgan fingerprint density at radius 1 is 0.762 bits per heavy atom. The van der Waals surface area contributed by atoms with Gasteiger partial charge in [-0.25, -0.2) is 9.89 Å². The van der Waals surface area contributed by atoms with Crippen LogP contribution in [0, 0.1) is 13.8 Å². The molecule has 0 bridgehead atoms. The van der Waals surface area contributed by atoms with Gasteiger partial charge in [-0.15, -0.1) is 20.4 Å². The molecule has 2 heterocycles. The average Bonchev–Trinajstić information content (AvgIpc) is 2.99. The molecule has 2 N–H and O–H groups in total. The zero-order valence-corrected chi connectivity index (χ0v) is 26.2. The molecule has 2 aromatic carbocycles. The Labute approximate surface area is 259 Å². The van der Waals surface area contributed by atoms with Gasteiger partial charge in [0.05, 0.1) is 11.4 Å². The maximum atomic E-state index is 13.2. The molecule has 4 rings (SSSR count). The molecule has 0 atom stereocenters. The molecule has 0 aliphatic rings. The number of aryl methyl sites for hydroxylation is 2. The predicted molar refractivity (Wildman–Crippen MR) is 170 cm³/mol. The number of aliphatic imine (C=N–C) groups is 2. The van der Waals surface area contributed by atoms with Crippen molar-refractivity contribution >= 4 is 70.0 Å². The molecule has 0 unspecified atom stereocenters. The molecular weight excluding hydrogens is 621 g/mol. The second kappa shape index (κ2) is 13.8. The summed E-state index contributed by atoms with van der Waals surface area (Å²) >= 11 is 14.8. The van der Waals surface area contributed by atoms with E-state index in [4.69, 9.17) is 28.2 Å². The fourth-order valence-electron chi connectivity index (χ4n) is 3.47. The molecule has 0 amide bonds. The van der Waals surface area contributed by atoms with E-state index >= 15 is 0 Å². The van der Waals surface area contributed by atoms with Gasteiger partial charge in [0.25, 0.3) is 11.1 Å². The van der Waals surface area contributed by atoms with E-state index in [-0.39, 0.29) is 28.5 Å². The van der Waals surface area contributed by atoms with Crippen LogP contribution in [0.2, 0.25) is 10.0 Å². The number of nitrogens with one attached hydrogen (secondary N) is 2. The van der Waals surface area contributed by atoms with Gasteiger partial charge in [-0.3, -0.25) is 25.4 Å². The number of anilines is 1. The van der Waals surface area contributed by atoms with Crippen LogP contribution in [0.5, 0.6) is 0 Å². The smallest absolute Gasteiger partial charge is 0.265 e. The molecule has 0 aliphatic heterocycles. The first-order chi connectivity index (χ1) is 20.2. The van der Waals surface area contributed by atoms with Gasteiger partial charge in [0.1, 0.15) is 11.4 Å². The predicted octanol–water partition coefficient (Wildman–Crippen LogP) is 3.92. The van der Waals surface area contributed by atoms with E-state index in [1.165, 1.54) is 39.9 Å². The van der Waals surface area contributed by atoms with Gasteiger partial charge >= 0.3 is 0 Å². The minimum atomic E-state index is -0.438. The number of aromatic nitrogens is 6. The Bertz CT molecular complexity index is 1760. The molecule has 0 saturated heterocycles. The van der Waals surface area contributed by atoms with Crippen molar-refractivity contribution in [2.75, 3.05) is 35.3 Å². The van der Waals surface area contributed by atoms with Crippen LogP contribution in [0.1, 0.15) is 11.4 Å². The lowest BCUT2D eigenvalue weighted by Gasteiger charge is -2.29. The van der Waals surface area contributed by atoms with E-state index in [1.807, 2.05) is 0 Å². The van der Waals surface area contributed by atoms with Crippen LogP contribution < -0.4 is 26.9 Å². The van der Waals surface area contributed by atoms with Crippen LogP contribution >= 0.6 is 46.7 Å². The van der Waals surface area contributed by atoms with E-state index < -0.39 is 11.1 Å². The lowest BCUT2D eigenvalue weighted by molar-refractivity contribution is 0.670. The SMILES string of the molecule is CN=C(Nn1c(SC)nnc(C)c1=O)N(C(=Nc1ccc(Cl)cc1)Nn1c(SC)nnc(C)c1=O)c1ccc(Cl)cc1. The number of halogens is 2. The van der Waals surface area contributed by atoms with Crippen LogP contribution in [-0.2, 0) is 0 Å². The van der Waals surface area contributed by atoms with Gasteiger partial charge < -0.3 is 0 Å². The van der Waals surface area contributed by atoms with Gasteiger partial charge in [0.2, 0.25) is 22.2 Å². The summed E-state index contributed by atoms with van der Waals surface area (Å²) in [5.41, 5.74) is 6.65. The summed E-state index contributed by atoms with van der Waals surface area (Å²) < 4.78 is 2.46. The van der Waals surface area contributed by atoms with Crippen molar-refractivity contribution in [2.45, 2.75) is 24.2 Å².